The summed E-state index contributed by atoms with van der Waals surface area (Å²) in [6.45, 7) is 1.56. The van der Waals surface area contributed by atoms with Crippen LogP contribution in [0.2, 0.25) is 0 Å². The van der Waals surface area contributed by atoms with E-state index in [0.717, 1.165) is 19.3 Å². The van der Waals surface area contributed by atoms with E-state index >= 15 is 0 Å². The Balaban J connectivity index is 2.55. The van der Waals surface area contributed by atoms with E-state index in [4.69, 9.17) is 11.5 Å². The predicted molar refractivity (Wildman–Crippen MR) is 56.8 cm³/mol. The molecule has 0 heterocycles. The van der Waals surface area contributed by atoms with Crippen molar-refractivity contribution in [2.75, 3.05) is 0 Å². The van der Waals surface area contributed by atoms with Gasteiger partial charge < -0.3 is 16.8 Å². The lowest BCUT2D eigenvalue weighted by Crippen LogP contribution is -2.58. The van der Waals surface area contributed by atoms with Gasteiger partial charge in [0, 0.05) is 0 Å². The molecule has 0 saturated heterocycles. The van der Waals surface area contributed by atoms with Gasteiger partial charge in [-0.2, -0.15) is 0 Å². The topological polar surface area (TPSA) is 98.2 Å². The van der Waals surface area contributed by atoms with Crippen molar-refractivity contribution in [2.24, 2.45) is 11.5 Å². The molecule has 15 heavy (non-hydrogen) atoms. The Kier molecular flexibility index (Phi) is 3.68. The summed E-state index contributed by atoms with van der Waals surface area (Å²) < 4.78 is 0. The van der Waals surface area contributed by atoms with Crippen LogP contribution in [-0.2, 0) is 9.59 Å². The molecule has 5 heteroatoms. The summed E-state index contributed by atoms with van der Waals surface area (Å²) in [7, 11) is 0. The Morgan fingerprint density at radius 3 is 2.27 bits per heavy atom. The van der Waals surface area contributed by atoms with Crippen LogP contribution in [0.3, 0.4) is 0 Å². The summed E-state index contributed by atoms with van der Waals surface area (Å²) in [5, 5.41) is 2.55. The van der Waals surface area contributed by atoms with Gasteiger partial charge in [0.05, 0.1) is 5.54 Å². The van der Waals surface area contributed by atoms with Gasteiger partial charge in [-0.1, -0.05) is 19.3 Å². The van der Waals surface area contributed by atoms with Crippen molar-refractivity contribution in [2.45, 2.75) is 50.6 Å². The first kappa shape index (κ1) is 12.0. The highest BCUT2D eigenvalue weighted by Crippen LogP contribution is 2.25. The lowest BCUT2D eigenvalue weighted by atomic mass is 9.82. The molecule has 0 aromatic rings. The molecule has 0 radical (unpaired) electrons. The van der Waals surface area contributed by atoms with E-state index in [9.17, 15) is 9.59 Å². The first-order chi connectivity index (χ1) is 6.96. The summed E-state index contributed by atoms with van der Waals surface area (Å²) in [5.74, 6) is -0.795. The van der Waals surface area contributed by atoms with Crippen LogP contribution in [0.15, 0.2) is 0 Å². The van der Waals surface area contributed by atoms with Gasteiger partial charge in [0.1, 0.15) is 6.04 Å². The molecule has 0 unspecified atom stereocenters. The van der Waals surface area contributed by atoms with Gasteiger partial charge >= 0.3 is 0 Å². The van der Waals surface area contributed by atoms with Crippen molar-refractivity contribution < 1.29 is 9.59 Å². The fraction of sp³-hybridized carbons (Fsp3) is 0.800. The second-order valence-corrected chi connectivity index (χ2v) is 4.31. The van der Waals surface area contributed by atoms with Gasteiger partial charge in [-0.3, -0.25) is 9.59 Å². The van der Waals surface area contributed by atoms with Gasteiger partial charge in [0.15, 0.2) is 0 Å². The zero-order valence-corrected chi connectivity index (χ0v) is 9.08. The minimum absolute atomic E-state index is 0.256. The van der Waals surface area contributed by atoms with Crippen LogP contribution in [0, 0.1) is 0 Å². The molecular weight excluding hydrogens is 194 g/mol. The molecule has 5 N–H and O–H groups in total. The largest absolute Gasteiger partial charge is 0.368 e. The fourth-order valence-corrected chi connectivity index (χ4v) is 1.82. The van der Waals surface area contributed by atoms with E-state index < -0.39 is 17.5 Å². The maximum atomic E-state index is 11.8. The predicted octanol–water partition coefficient (Wildman–Crippen LogP) is -0.362. The van der Waals surface area contributed by atoms with Crippen LogP contribution >= 0.6 is 0 Å². The van der Waals surface area contributed by atoms with Crippen molar-refractivity contribution >= 4 is 11.8 Å². The van der Waals surface area contributed by atoms with E-state index in [1.807, 2.05) is 0 Å². The zero-order valence-electron chi connectivity index (χ0n) is 9.08. The monoisotopic (exact) mass is 213 g/mol. The molecule has 0 spiro atoms. The van der Waals surface area contributed by atoms with Gasteiger partial charge in [0.2, 0.25) is 11.8 Å². The molecule has 86 valence electrons. The molecule has 1 aliphatic rings. The number of carbonyl (C=O) groups is 2. The quantitative estimate of drug-likeness (QED) is 0.597. The van der Waals surface area contributed by atoms with Crippen molar-refractivity contribution in [3.63, 3.8) is 0 Å². The molecular formula is C10H19N3O2. The Morgan fingerprint density at radius 1 is 1.27 bits per heavy atom. The van der Waals surface area contributed by atoms with Crippen molar-refractivity contribution in [1.29, 1.82) is 0 Å². The second-order valence-electron chi connectivity index (χ2n) is 4.31. The lowest BCUT2D eigenvalue weighted by molar-refractivity contribution is -0.131. The third-order valence-corrected chi connectivity index (χ3v) is 2.97. The lowest BCUT2D eigenvalue weighted by Gasteiger charge is -2.32. The third-order valence-electron chi connectivity index (χ3n) is 2.97. The molecule has 2 amide bonds. The highest BCUT2D eigenvalue weighted by Gasteiger charge is 2.36. The van der Waals surface area contributed by atoms with Crippen molar-refractivity contribution in [1.82, 2.24) is 5.32 Å². The summed E-state index contributed by atoms with van der Waals surface area (Å²) >= 11 is 0. The van der Waals surface area contributed by atoms with Gasteiger partial charge in [-0.25, -0.2) is 0 Å². The number of primary amides is 1. The SMILES string of the molecule is C[C@H](NC(=O)C1(N)CCCCC1)C(N)=O. The molecule has 0 bridgehead atoms. The molecule has 1 saturated carbocycles. The minimum Gasteiger partial charge on any atom is -0.368 e. The average molecular weight is 213 g/mol. The van der Waals surface area contributed by atoms with Crippen molar-refractivity contribution in [3.05, 3.63) is 0 Å². The standard InChI is InChI=1S/C10H19N3O2/c1-7(8(11)14)13-9(15)10(12)5-3-2-4-6-10/h7H,2-6,12H2,1H3,(H2,11,14)(H,13,15)/t7-/m0/s1. The Bertz CT molecular complexity index is 259. The van der Waals surface area contributed by atoms with E-state index in [0.29, 0.717) is 12.8 Å². The average Bonchev–Trinajstić information content (AvgIpc) is 2.18. The number of amides is 2. The number of nitrogens with two attached hydrogens (primary N) is 2. The Hall–Kier alpha value is -1.10. The van der Waals surface area contributed by atoms with Crippen LogP contribution in [0.4, 0.5) is 0 Å². The van der Waals surface area contributed by atoms with Crippen LogP contribution in [0.1, 0.15) is 39.0 Å². The molecule has 1 fully saturated rings. The minimum atomic E-state index is -0.804. The first-order valence-electron chi connectivity index (χ1n) is 5.35. The van der Waals surface area contributed by atoms with Gasteiger partial charge in [-0.15, -0.1) is 0 Å². The van der Waals surface area contributed by atoms with Crippen LogP contribution in [0.5, 0.6) is 0 Å². The summed E-state index contributed by atoms with van der Waals surface area (Å²) in [6, 6.07) is -0.653. The van der Waals surface area contributed by atoms with Crippen LogP contribution in [-0.4, -0.2) is 23.4 Å². The Morgan fingerprint density at radius 2 is 1.80 bits per heavy atom. The molecule has 0 aromatic carbocycles. The highest BCUT2D eigenvalue weighted by atomic mass is 16.2. The number of rotatable bonds is 3. The molecule has 1 aliphatic carbocycles. The number of carbonyl (C=O) groups excluding carboxylic acids is 2. The van der Waals surface area contributed by atoms with Crippen molar-refractivity contribution in [3.8, 4) is 0 Å². The van der Waals surface area contributed by atoms with Gasteiger partial charge in [0.25, 0.3) is 0 Å². The number of hydrogen-bond acceptors (Lipinski definition) is 3. The number of nitrogens with one attached hydrogen (secondary N) is 1. The van der Waals surface area contributed by atoms with E-state index in [-0.39, 0.29) is 5.91 Å². The van der Waals surface area contributed by atoms with Gasteiger partial charge in [-0.05, 0) is 19.8 Å². The summed E-state index contributed by atoms with van der Waals surface area (Å²) in [5.41, 5.74) is 10.2. The summed E-state index contributed by atoms with van der Waals surface area (Å²) in [4.78, 5) is 22.6. The molecule has 1 rings (SSSR count). The van der Waals surface area contributed by atoms with E-state index in [1.54, 1.807) is 6.92 Å². The first-order valence-corrected chi connectivity index (χ1v) is 5.35. The molecule has 0 aliphatic heterocycles. The molecule has 0 aromatic heterocycles. The van der Waals surface area contributed by atoms with Crippen LogP contribution in [0.25, 0.3) is 0 Å². The molecule has 1 atom stereocenters. The maximum Gasteiger partial charge on any atom is 0.240 e. The normalized spacial score (nSPS) is 21.7. The van der Waals surface area contributed by atoms with E-state index in [2.05, 4.69) is 5.32 Å². The Labute approximate surface area is 89.6 Å². The smallest absolute Gasteiger partial charge is 0.240 e. The second kappa shape index (κ2) is 4.61. The molecule has 5 nitrogen and oxygen atoms in total. The highest BCUT2D eigenvalue weighted by molar-refractivity contribution is 5.91. The third kappa shape index (κ3) is 2.92. The number of hydrogen-bond donors (Lipinski definition) is 3. The van der Waals surface area contributed by atoms with E-state index in [1.165, 1.54) is 0 Å². The zero-order chi connectivity index (χ0) is 11.5. The summed E-state index contributed by atoms with van der Waals surface area (Å²) in [6.07, 6.45) is 4.43. The fourth-order valence-electron chi connectivity index (χ4n) is 1.82. The maximum absolute atomic E-state index is 11.8. The van der Waals surface area contributed by atoms with Crippen LogP contribution < -0.4 is 16.8 Å².